The number of terminal acetylenes is 1. The van der Waals surface area contributed by atoms with Gasteiger partial charge >= 0.3 is 6.18 Å². The minimum atomic E-state index is -4.53. The van der Waals surface area contributed by atoms with Crippen molar-refractivity contribution in [2.24, 2.45) is 0 Å². The monoisotopic (exact) mass is 307 g/mol. The van der Waals surface area contributed by atoms with Gasteiger partial charge in [0.2, 0.25) is 11.7 Å². The average molecular weight is 307 g/mol. The summed E-state index contributed by atoms with van der Waals surface area (Å²) in [6.45, 7) is 0.859. The fourth-order valence-electron chi connectivity index (χ4n) is 2.43. The lowest BCUT2D eigenvalue weighted by Gasteiger charge is -2.10. The molecule has 1 aromatic carbocycles. The van der Waals surface area contributed by atoms with Gasteiger partial charge < -0.3 is 9.84 Å². The van der Waals surface area contributed by atoms with Crippen molar-refractivity contribution in [3.8, 4) is 23.7 Å². The van der Waals surface area contributed by atoms with E-state index in [4.69, 9.17) is 10.9 Å². The number of aromatic nitrogens is 2. The summed E-state index contributed by atoms with van der Waals surface area (Å²) < 4.78 is 44.2. The Bertz CT molecular complexity index is 724. The molecule has 1 atom stereocenters. The van der Waals surface area contributed by atoms with Crippen LogP contribution in [0.3, 0.4) is 0 Å². The molecule has 3 rings (SSSR count). The van der Waals surface area contributed by atoms with Crippen LogP contribution in [-0.4, -0.2) is 16.7 Å². The third kappa shape index (κ3) is 2.70. The molecule has 0 saturated carbocycles. The van der Waals surface area contributed by atoms with Gasteiger partial charge in [0.05, 0.1) is 11.6 Å². The zero-order valence-electron chi connectivity index (χ0n) is 11.4. The Hall–Kier alpha value is -2.33. The first-order chi connectivity index (χ1) is 10.5. The van der Waals surface area contributed by atoms with Crippen LogP contribution in [0.25, 0.3) is 11.4 Å². The zero-order valence-corrected chi connectivity index (χ0v) is 11.4. The third-order valence-corrected chi connectivity index (χ3v) is 3.54. The number of hydrogen-bond donors (Lipinski definition) is 1. The van der Waals surface area contributed by atoms with Crippen LogP contribution in [0.15, 0.2) is 22.7 Å². The molecule has 7 heteroatoms. The van der Waals surface area contributed by atoms with Crippen molar-refractivity contribution in [1.82, 2.24) is 15.5 Å². The second kappa shape index (κ2) is 5.46. The van der Waals surface area contributed by atoms with Crippen molar-refractivity contribution in [2.75, 3.05) is 6.54 Å². The number of nitrogens with zero attached hydrogens (tertiary/aromatic N) is 2. The molecule has 0 amide bonds. The van der Waals surface area contributed by atoms with Crippen LogP contribution < -0.4 is 5.32 Å². The van der Waals surface area contributed by atoms with Gasteiger partial charge in [0.25, 0.3) is 0 Å². The van der Waals surface area contributed by atoms with Gasteiger partial charge in [-0.15, -0.1) is 6.42 Å². The highest BCUT2D eigenvalue weighted by Gasteiger charge is 2.34. The van der Waals surface area contributed by atoms with Crippen molar-refractivity contribution in [2.45, 2.75) is 25.1 Å². The summed E-state index contributed by atoms with van der Waals surface area (Å²) in [5.41, 5.74) is -0.866. The van der Waals surface area contributed by atoms with E-state index >= 15 is 0 Å². The van der Waals surface area contributed by atoms with Gasteiger partial charge in [-0.05, 0) is 37.6 Å². The maximum absolute atomic E-state index is 13.0. The van der Waals surface area contributed by atoms with E-state index in [2.05, 4.69) is 15.5 Å². The van der Waals surface area contributed by atoms with Gasteiger partial charge in [0.15, 0.2) is 0 Å². The van der Waals surface area contributed by atoms with Gasteiger partial charge in [-0.1, -0.05) is 11.1 Å². The number of hydrogen-bond acceptors (Lipinski definition) is 4. The lowest BCUT2D eigenvalue weighted by atomic mass is 10.0. The first-order valence-corrected chi connectivity index (χ1v) is 6.74. The highest BCUT2D eigenvalue weighted by molar-refractivity contribution is 5.59. The molecule has 1 saturated heterocycles. The van der Waals surface area contributed by atoms with Crippen LogP contribution in [0.1, 0.15) is 35.9 Å². The predicted octanol–water partition coefficient (Wildman–Crippen LogP) is 3.16. The van der Waals surface area contributed by atoms with Crippen LogP contribution in [-0.2, 0) is 6.18 Å². The summed E-state index contributed by atoms with van der Waals surface area (Å²) >= 11 is 0. The summed E-state index contributed by atoms with van der Waals surface area (Å²) in [6, 6.07) is 3.61. The van der Waals surface area contributed by atoms with Crippen molar-refractivity contribution in [1.29, 1.82) is 0 Å². The Morgan fingerprint density at radius 3 is 2.82 bits per heavy atom. The van der Waals surface area contributed by atoms with Gasteiger partial charge in [-0.25, -0.2) is 0 Å². The Morgan fingerprint density at radius 2 is 2.18 bits per heavy atom. The normalized spacial score (nSPS) is 18.4. The Kier molecular flexibility index (Phi) is 3.62. The SMILES string of the molecule is C#Cc1ccc(-c2noc([C@@H]3CCCN3)n2)cc1C(F)(F)F. The van der Waals surface area contributed by atoms with E-state index in [1.807, 2.05) is 5.92 Å². The molecular formula is C15H12F3N3O. The van der Waals surface area contributed by atoms with E-state index in [1.165, 1.54) is 12.1 Å². The van der Waals surface area contributed by atoms with Crippen molar-refractivity contribution >= 4 is 0 Å². The smallest absolute Gasteiger partial charge is 0.337 e. The molecule has 4 nitrogen and oxygen atoms in total. The number of nitrogens with one attached hydrogen (secondary N) is 1. The Labute approximate surface area is 124 Å². The number of rotatable bonds is 2. The number of benzene rings is 1. The lowest BCUT2D eigenvalue weighted by molar-refractivity contribution is -0.137. The number of alkyl halides is 3. The Morgan fingerprint density at radius 1 is 1.36 bits per heavy atom. The highest BCUT2D eigenvalue weighted by Crippen LogP contribution is 2.34. The minimum Gasteiger partial charge on any atom is -0.337 e. The second-order valence-electron chi connectivity index (χ2n) is 5.01. The van der Waals surface area contributed by atoms with Crippen molar-refractivity contribution < 1.29 is 17.7 Å². The van der Waals surface area contributed by atoms with Crippen LogP contribution >= 0.6 is 0 Å². The molecule has 1 fully saturated rings. The molecule has 1 aliphatic rings. The van der Waals surface area contributed by atoms with E-state index in [1.54, 1.807) is 0 Å². The maximum atomic E-state index is 13.0. The largest absolute Gasteiger partial charge is 0.417 e. The molecule has 0 radical (unpaired) electrons. The van der Waals surface area contributed by atoms with E-state index in [0.29, 0.717) is 5.89 Å². The van der Waals surface area contributed by atoms with Gasteiger partial charge in [-0.3, -0.25) is 0 Å². The van der Waals surface area contributed by atoms with Crippen molar-refractivity contribution in [3.63, 3.8) is 0 Å². The van der Waals surface area contributed by atoms with Crippen LogP contribution in [0, 0.1) is 12.3 Å². The van der Waals surface area contributed by atoms with Crippen molar-refractivity contribution in [3.05, 3.63) is 35.2 Å². The summed E-state index contributed by atoms with van der Waals surface area (Å²) in [5.74, 6) is 2.55. The van der Waals surface area contributed by atoms with Crippen LogP contribution in [0.4, 0.5) is 13.2 Å². The lowest BCUT2D eigenvalue weighted by Crippen LogP contribution is -2.13. The maximum Gasteiger partial charge on any atom is 0.417 e. The molecule has 2 heterocycles. The van der Waals surface area contributed by atoms with Crippen LogP contribution in [0.5, 0.6) is 0 Å². The van der Waals surface area contributed by atoms with Gasteiger partial charge in [0, 0.05) is 11.1 Å². The average Bonchev–Trinajstić information content (AvgIpc) is 3.16. The summed E-state index contributed by atoms with van der Waals surface area (Å²) in [4.78, 5) is 4.18. The van der Waals surface area contributed by atoms with Gasteiger partial charge in [-0.2, -0.15) is 18.2 Å². The van der Waals surface area contributed by atoms with Crippen LogP contribution in [0.2, 0.25) is 0 Å². The summed E-state index contributed by atoms with van der Waals surface area (Å²) in [5, 5.41) is 6.95. The minimum absolute atomic E-state index is 0.0340. The molecular weight excluding hydrogens is 295 g/mol. The molecule has 1 N–H and O–H groups in total. The molecule has 22 heavy (non-hydrogen) atoms. The van der Waals surface area contributed by atoms with E-state index in [9.17, 15) is 13.2 Å². The molecule has 114 valence electrons. The third-order valence-electron chi connectivity index (χ3n) is 3.54. The first-order valence-electron chi connectivity index (χ1n) is 6.74. The van der Waals surface area contributed by atoms with Gasteiger partial charge in [0.1, 0.15) is 0 Å². The fraction of sp³-hybridized carbons (Fsp3) is 0.333. The van der Waals surface area contributed by atoms with E-state index in [-0.39, 0.29) is 23.0 Å². The fourth-order valence-corrected chi connectivity index (χ4v) is 2.43. The molecule has 1 aliphatic heterocycles. The molecule has 1 aromatic heterocycles. The first kappa shape index (κ1) is 14.6. The zero-order chi connectivity index (χ0) is 15.7. The topological polar surface area (TPSA) is 51.0 Å². The quantitative estimate of drug-likeness (QED) is 0.866. The Balaban J connectivity index is 1.97. The molecule has 0 bridgehead atoms. The molecule has 0 unspecified atom stereocenters. The molecule has 0 aliphatic carbocycles. The molecule has 2 aromatic rings. The highest BCUT2D eigenvalue weighted by atomic mass is 19.4. The summed E-state index contributed by atoms with van der Waals surface area (Å²) in [6.07, 6.45) is 2.45. The standard InChI is InChI=1S/C15H12F3N3O/c1-2-9-5-6-10(8-11(9)15(16,17)18)13-20-14(22-21-13)12-4-3-7-19-12/h1,5-6,8,12,19H,3-4,7H2/t12-/m0/s1. The number of halogens is 3. The second-order valence-corrected chi connectivity index (χ2v) is 5.01. The summed E-state index contributed by atoms with van der Waals surface area (Å²) in [7, 11) is 0. The van der Waals surface area contributed by atoms with E-state index in [0.717, 1.165) is 25.5 Å². The molecule has 0 spiro atoms. The predicted molar refractivity (Wildman–Crippen MR) is 72.6 cm³/mol. The van der Waals surface area contributed by atoms with E-state index < -0.39 is 11.7 Å².